The number of nitro benzene ring substituents is 1. The fraction of sp³-hybridized carbons (Fsp3) is 0.125. The van der Waals surface area contributed by atoms with Crippen molar-refractivity contribution in [3.05, 3.63) is 142 Å². The lowest BCUT2D eigenvalue weighted by atomic mass is 10.2. The lowest BCUT2D eigenvalue weighted by molar-refractivity contribution is -0.384. The van der Waals surface area contributed by atoms with Crippen molar-refractivity contribution in [1.82, 2.24) is 0 Å². The van der Waals surface area contributed by atoms with Gasteiger partial charge in [0.2, 0.25) is 5.91 Å². The number of amides is 1. The molecule has 0 fully saturated rings. The molecule has 0 aromatic heterocycles. The van der Waals surface area contributed by atoms with Crippen LogP contribution in [0.3, 0.4) is 0 Å². The van der Waals surface area contributed by atoms with Crippen LogP contribution in [0.2, 0.25) is 0 Å². The number of nitrogens with zero attached hydrogens (tertiary/aromatic N) is 1. The van der Waals surface area contributed by atoms with E-state index in [0.29, 0.717) is 0 Å². The SMILES string of the molecule is NC(=O)c1cccc(OC(=O)c2ccc([N+](=O)[O-])cc2)c1.O=C(CCC(=O)OCc1ccccc1)OCc1ccccc1. The number of benzene rings is 4. The van der Waals surface area contributed by atoms with Gasteiger partial charge >= 0.3 is 17.9 Å². The molecule has 4 aromatic rings. The molecule has 0 atom stereocenters. The Balaban J connectivity index is 0.000000236. The minimum Gasteiger partial charge on any atom is -0.461 e. The van der Waals surface area contributed by atoms with Gasteiger partial charge in [-0.3, -0.25) is 24.5 Å². The number of carbonyl (C=O) groups is 4. The van der Waals surface area contributed by atoms with E-state index in [1.165, 1.54) is 48.5 Å². The summed E-state index contributed by atoms with van der Waals surface area (Å²) in [5.41, 5.74) is 7.21. The van der Waals surface area contributed by atoms with Gasteiger partial charge in [-0.1, -0.05) is 66.7 Å². The third-order valence-electron chi connectivity index (χ3n) is 5.66. The second-order valence-corrected chi connectivity index (χ2v) is 8.88. The highest BCUT2D eigenvalue weighted by molar-refractivity contribution is 5.94. The van der Waals surface area contributed by atoms with Gasteiger partial charge in [-0.25, -0.2) is 4.79 Å². The zero-order valence-electron chi connectivity index (χ0n) is 22.9. The quantitative estimate of drug-likeness (QED) is 0.108. The number of ether oxygens (including phenoxy) is 3. The summed E-state index contributed by atoms with van der Waals surface area (Å²) >= 11 is 0. The third-order valence-corrected chi connectivity index (χ3v) is 5.66. The van der Waals surface area contributed by atoms with Gasteiger partial charge in [-0.15, -0.1) is 0 Å². The van der Waals surface area contributed by atoms with E-state index in [0.717, 1.165) is 11.1 Å². The second kappa shape index (κ2) is 16.4. The average molecular weight is 585 g/mol. The standard InChI is InChI=1S/C18H18O4.C14H10N2O5/c19-17(21-13-15-7-3-1-4-8-15)11-12-18(20)22-14-16-9-5-2-6-10-16;15-13(17)10-2-1-3-12(8-10)21-14(18)9-4-6-11(7-5-9)16(19)20/h1-10H,11-14H2;1-8H,(H2,15,17). The number of hydrogen-bond donors (Lipinski definition) is 1. The molecule has 220 valence electrons. The van der Waals surface area contributed by atoms with E-state index < -0.39 is 28.7 Å². The molecular formula is C32H28N2O9. The van der Waals surface area contributed by atoms with E-state index in [1.54, 1.807) is 0 Å². The Morgan fingerprint density at radius 3 is 1.63 bits per heavy atom. The highest BCUT2D eigenvalue weighted by atomic mass is 16.6. The zero-order valence-corrected chi connectivity index (χ0v) is 22.9. The molecular weight excluding hydrogens is 556 g/mol. The molecule has 11 heteroatoms. The van der Waals surface area contributed by atoms with Crippen LogP contribution in [0.15, 0.2) is 109 Å². The van der Waals surface area contributed by atoms with Crippen LogP contribution in [0.25, 0.3) is 0 Å². The van der Waals surface area contributed by atoms with Crippen molar-refractivity contribution in [2.45, 2.75) is 26.1 Å². The van der Waals surface area contributed by atoms with Gasteiger partial charge in [0, 0.05) is 17.7 Å². The van der Waals surface area contributed by atoms with Crippen molar-refractivity contribution >= 4 is 29.5 Å². The van der Waals surface area contributed by atoms with Crippen LogP contribution < -0.4 is 10.5 Å². The molecule has 11 nitrogen and oxygen atoms in total. The molecule has 0 heterocycles. The normalized spacial score (nSPS) is 9.95. The molecule has 1 amide bonds. The van der Waals surface area contributed by atoms with Gasteiger partial charge in [0.1, 0.15) is 19.0 Å². The Morgan fingerprint density at radius 1 is 0.651 bits per heavy atom. The maximum Gasteiger partial charge on any atom is 0.343 e. The third kappa shape index (κ3) is 11.3. The van der Waals surface area contributed by atoms with Crippen LogP contribution in [0.5, 0.6) is 5.75 Å². The Labute approximate surface area is 247 Å². The smallest absolute Gasteiger partial charge is 0.343 e. The fourth-order valence-electron chi connectivity index (χ4n) is 3.42. The van der Waals surface area contributed by atoms with Crippen molar-refractivity contribution in [2.75, 3.05) is 0 Å². The molecule has 0 aliphatic rings. The molecule has 4 rings (SSSR count). The predicted octanol–water partition coefficient (Wildman–Crippen LogP) is 5.17. The Hall–Kier alpha value is -5.84. The second-order valence-electron chi connectivity index (χ2n) is 8.88. The number of primary amides is 1. The molecule has 0 radical (unpaired) electrons. The summed E-state index contributed by atoms with van der Waals surface area (Å²) in [5, 5.41) is 10.5. The molecule has 0 unspecified atom stereocenters. The van der Waals surface area contributed by atoms with Gasteiger partial charge in [0.25, 0.3) is 5.69 Å². The molecule has 0 saturated carbocycles. The highest BCUT2D eigenvalue weighted by Gasteiger charge is 2.13. The van der Waals surface area contributed by atoms with E-state index >= 15 is 0 Å². The molecule has 0 aliphatic heterocycles. The van der Waals surface area contributed by atoms with Crippen LogP contribution in [0, 0.1) is 10.1 Å². The molecule has 2 N–H and O–H groups in total. The lowest BCUT2D eigenvalue weighted by Gasteiger charge is -2.06. The number of hydrogen-bond acceptors (Lipinski definition) is 9. The van der Waals surface area contributed by atoms with E-state index in [1.807, 2.05) is 60.7 Å². The average Bonchev–Trinajstić information content (AvgIpc) is 3.03. The number of rotatable bonds is 11. The van der Waals surface area contributed by atoms with Gasteiger partial charge in [0.05, 0.1) is 23.3 Å². The largest absolute Gasteiger partial charge is 0.461 e. The van der Waals surface area contributed by atoms with E-state index in [-0.39, 0.29) is 48.6 Å². The zero-order chi connectivity index (χ0) is 31.0. The summed E-state index contributed by atoms with van der Waals surface area (Å²) in [7, 11) is 0. The predicted molar refractivity (Wildman–Crippen MR) is 155 cm³/mol. The van der Waals surface area contributed by atoms with Gasteiger partial charge in [-0.2, -0.15) is 0 Å². The minimum atomic E-state index is -0.688. The van der Waals surface area contributed by atoms with Crippen LogP contribution in [0.4, 0.5) is 5.69 Å². The summed E-state index contributed by atoms with van der Waals surface area (Å²) in [4.78, 5) is 56.0. The molecule has 0 aliphatic carbocycles. The summed E-state index contributed by atoms with van der Waals surface area (Å²) in [6, 6.07) is 29.7. The van der Waals surface area contributed by atoms with Crippen LogP contribution in [0.1, 0.15) is 44.7 Å². The van der Waals surface area contributed by atoms with Gasteiger partial charge in [-0.05, 0) is 41.5 Å². The first-order valence-electron chi connectivity index (χ1n) is 13.0. The van der Waals surface area contributed by atoms with E-state index in [4.69, 9.17) is 19.9 Å². The molecule has 0 bridgehead atoms. The van der Waals surface area contributed by atoms with Crippen molar-refractivity contribution in [3.8, 4) is 5.75 Å². The van der Waals surface area contributed by atoms with Crippen molar-refractivity contribution in [1.29, 1.82) is 0 Å². The Morgan fingerprint density at radius 2 is 1.16 bits per heavy atom. The number of carbonyl (C=O) groups excluding carboxylic acids is 4. The summed E-state index contributed by atoms with van der Waals surface area (Å²) in [6.45, 7) is 0.442. The first-order valence-corrected chi connectivity index (χ1v) is 13.0. The fourth-order valence-corrected chi connectivity index (χ4v) is 3.42. The molecule has 43 heavy (non-hydrogen) atoms. The highest BCUT2D eigenvalue weighted by Crippen LogP contribution is 2.17. The maximum atomic E-state index is 11.9. The van der Waals surface area contributed by atoms with Gasteiger partial charge in [0.15, 0.2) is 0 Å². The number of non-ortho nitro benzene ring substituents is 1. The monoisotopic (exact) mass is 584 g/mol. The van der Waals surface area contributed by atoms with Crippen LogP contribution in [-0.2, 0) is 32.3 Å². The van der Waals surface area contributed by atoms with Gasteiger partial charge < -0.3 is 19.9 Å². The molecule has 4 aromatic carbocycles. The van der Waals surface area contributed by atoms with Crippen molar-refractivity contribution in [3.63, 3.8) is 0 Å². The number of nitrogens with two attached hydrogens (primary N) is 1. The maximum absolute atomic E-state index is 11.9. The minimum absolute atomic E-state index is 0.0282. The number of esters is 3. The lowest BCUT2D eigenvalue weighted by Crippen LogP contribution is -2.12. The Kier molecular flexibility index (Phi) is 12.1. The van der Waals surface area contributed by atoms with Crippen molar-refractivity contribution in [2.24, 2.45) is 5.73 Å². The Bertz CT molecular complexity index is 1480. The molecule has 0 saturated heterocycles. The first kappa shape index (κ1) is 31.7. The van der Waals surface area contributed by atoms with Crippen LogP contribution >= 0.6 is 0 Å². The van der Waals surface area contributed by atoms with Crippen molar-refractivity contribution < 1.29 is 38.3 Å². The van der Waals surface area contributed by atoms with E-state index in [9.17, 15) is 29.3 Å². The summed E-state index contributed by atoms with van der Waals surface area (Å²) < 4.78 is 15.3. The topological polar surface area (TPSA) is 165 Å². The van der Waals surface area contributed by atoms with E-state index in [2.05, 4.69) is 0 Å². The summed E-state index contributed by atoms with van der Waals surface area (Å²) in [6.07, 6.45) is 0.0565. The molecule has 0 spiro atoms. The summed E-state index contributed by atoms with van der Waals surface area (Å²) in [5.74, 6) is -1.97. The first-order chi connectivity index (χ1) is 20.7. The van der Waals surface area contributed by atoms with Crippen LogP contribution in [-0.4, -0.2) is 28.7 Å². The number of nitro groups is 1.